The zero-order valence-corrected chi connectivity index (χ0v) is 11.6. The fourth-order valence-corrected chi connectivity index (χ4v) is 1.90. The maximum absolute atomic E-state index is 12.4. The molecule has 3 nitrogen and oxygen atoms in total. The van der Waals surface area contributed by atoms with Gasteiger partial charge in [0.25, 0.3) is 5.91 Å². The van der Waals surface area contributed by atoms with Crippen molar-refractivity contribution >= 4 is 16.7 Å². The van der Waals surface area contributed by atoms with Gasteiger partial charge < -0.3 is 10.0 Å². The molecule has 0 unspecified atom stereocenters. The van der Waals surface area contributed by atoms with Crippen LogP contribution in [0.25, 0.3) is 10.8 Å². The van der Waals surface area contributed by atoms with Crippen LogP contribution in [0.1, 0.15) is 24.2 Å². The summed E-state index contributed by atoms with van der Waals surface area (Å²) in [7, 11) is 1.72. The maximum Gasteiger partial charge on any atom is 0.254 e. The van der Waals surface area contributed by atoms with Gasteiger partial charge in [0.05, 0.1) is 12.1 Å². The highest BCUT2D eigenvalue weighted by molar-refractivity contribution is 5.98. The van der Waals surface area contributed by atoms with Crippen molar-refractivity contribution in [3.63, 3.8) is 0 Å². The molecule has 0 spiro atoms. The van der Waals surface area contributed by atoms with E-state index < -0.39 is 5.54 Å². The number of hydrogen-bond acceptors (Lipinski definition) is 2. The Hall–Kier alpha value is -1.87. The highest BCUT2D eigenvalue weighted by Gasteiger charge is 2.27. The highest BCUT2D eigenvalue weighted by Crippen LogP contribution is 2.19. The van der Waals surface area contributed by atoms with Gasteiger partial charge in [-0.2, -0.15) is 0 Å². The van der Waals surface area contributed by atoms with Gasteiger partial charge in [-0.05, 0) is 36.8 Å². The summed E-state index contributed by atoms with van der Waals surface area (Å²) in [4.78, 5) is 14.0. The number of amides is 1. The van der Waals surface area contributed by atoms with Gasteiger partial charge in [-0.3, -0.25) is 4.79 Å². The summed E-state index contributed by atoms with van der Waals surface area (Å²) < 4.78 is 0. The van der Waals surface area contributed by atoms with Crippen molar-refractivity contribution in [3.05, 3.63) is 48.0 Å². The Morgan fingerprint density at radius 2 is 1.79 bits per heavy atom. The highest BCUT2D eigenvalue weighted by atomic mass is 16.3. The molecule has 3 heteroatoms. The lowest BCUT2D eigenvalue weighted by molar-refractivity contribution is 0.0473. The van der Waals surface area contributed by atoms with E-state index in [1.54, 1.807) is 11.9 Å². The van der Waals surface area contributed by atoms with E-state index in [-0.39, 0.29) is 12.5 Å². The lowest BCUT2D eigenvalue weighted by atomic mass is 10.0. The molecule has 0 aliphatic heterocycles. The van der Waals surface area contributed by atoms with E-state index in [1.807, 2.05) is 56.3 Å². The topological polar surface area (TPSA) is 40.5 Å². The first-order valence-electron chi connectivity index (χ1n) is 6.33. The number of likely N-dealkylation sites (N-methyl/N-ethyl adjacent to an activating group) is 1. The number of fused-ring (bicyclic) bond motifs is 1. The number of carbonyl (C=O) groups is 1. The van der Waals surface area contributed by atoms with Crippen molar-refractivity contribution in [3.8, 4) is 0 Å². The van der Waals surface area contributed by atoms with Gasteiger partial charge >= 0.3 is 0 Å². The second-order valence-electron chi connectivity index (χ2n) is 5.40. The summed E-state index contributed by atoms with van der Waals surface area (Å²) in [6.45, 7) is 3.61. The van der Waals surface area contributed by atoms with Gasteiger partial charge in [-0.15, -0.1) is 0 Å². The Bertz CT molecular complexity index is 604. The number of nitrogens with zero attached hydrogens (tertiary/aromatic N) is 1. The molecule has 0 aliphatic rings. The van der Waals surface area contributed by atoms with Crippen LogP contribution in [0.5, 0.6) is 0 Å². The largest absolute Gasteiger partial charge is 0.394 e. The molecule has 0 aromatic heterocycles. The molecule has 0 aliphatic carbocycles. The third-order valence-corrected chi connectivity index (χ3v) is 3.60. The molecule has 0 saturated heterocycles. The molecular weight excluding hydrogens is 238 g/mol. The lowest BCUT2D eigenvalue weighted by Crippen LogP contribution is -2.47. The fraction of sp³-hybridized carbons (Fsp3) is 0.312. The van der Waals surface area contributed by atoms with Crippen LogP contribution in [0.15, 0.2) is 42.5 Å². The smallest absolute Gasteiger partial charge is 0.254 e. The zero-order chi connectivity index (χ0) is 14.0. The normalized spacial score (nSPS) is 11.6. The first-order chi connectivity index (χ1) is 8.95. The standard InChI is InChI=1S/C16H19NO2/c1-16(2,11-18)17(3)15(19)14-9-8-12-6-4-5-7-13(12)10-14/h4-10,18H,11H2,1-3H3. The number of aliphatic hydroxyl groups excluding tert-OH is 1. The Labute approximate surface area is 113 Å². The summed E-state index contributed by atoms with van der Waals surface area (Å²) in [6, 6.07) is 13.6. The van der Waals surface area contributed by atoms with Crippen LogP contribution in [-0.4, -0.2) is 35.1 Å². The number of carbonyl (C=O) groups excluding carboxylic acids is 1. The van der Waals surface area contributed by atoms with Gasteiger partial charge in [-0.25, -0.2) is 0 Å². The Balaban J connectivity index is 2.36. The molecule has 0 radical (unpaired) electrons. The molecule has 0 fully saturated rings. The summed E-state index contributed by atoms with van der Waals surface area (Å²) >= 11 is 0. The molecule has 0 bridgehead atoms. The molecule has 0 saturated carbocycles. The molecule has 2 rings (SSSR count). The predicted molar refractivity (Wildman–Crippen MR) is 77.2 cm³/mol. The molecule has 19 heavy (non-hydrogen) atoms. The lowest BCUT2D eigenvalue weighted by Gasteiger charge is -2.34. The van der Waals surface area contributed by atoms with E-state index in [4.69, 9.17) is 0 Å². The molecule has 1 N–H and O–H groups in total. The van der Waals surface area contributed by atoms with Crippen LogP contribution in [-0.2, 0) is 0 Å². The van der Waals surface area contributed by atoms with Crippen molar-refractivity contribution in [2.75, 3.05) is 13.7 Å². The van der Waals surface area contributed by atoms with Crippen LogP contribution in [0.3, 0.4) is 0 Å². The second-order valence-corrected chi connectivity index (χ2v) is 5.40. The number of rotatable bonds is 3. The third kappa shape index (κ3) is 2.61. The Morgan fingerprint density at radius 3 is 2.42 bits per heavy atom. The van der Waals surface area contributed by atoms with Crippen LogP contribution >= 0.6 is 0 Å². The fourth-order valence-electron chi connectivity index (χ4n) is 1.90. The number of aliphatic hydroxyl groups is 1. The second kappa shape index (κ2) is 5.02. The van der Waals surface area contributed by atoms with Crippen molar-refractivity contribution in [2.45, 2.75) is 19.4 Å². The minimum atomic E-state index is -0.567. The van der Waals surface area contributed by atoms with Crippen LogP contribution in [0, 0.1) is 0 Å². The Kier molecular flexibility index (Phi) is 3.58. The first-order valence-corrected chi connectivity index (χ1v) is 6.33. The molecular formula is C16H19NO2. The summed E-state index contributed by atoms with van der Waals surface area (Å²) in [5.41, 5.74) is 0.0747. The minimum absolute atomic E-state index is 0.0666. The molecule has 1 amide bonds. The van der Waals surface area contributed by atoms with E-state index in [9.17, 15) is 9.90 Å². The van der Waals surface area contributed by atoms with Crippen molar-refractivity contribution < 1.29 is 9.90 Å². The average molecular weight is 257 g/mol. The number of hydrogen-bond donors (Lipinski definition) is 1. The van der Waals surface area contributed by atoms with E-state index in [1.165, 1.54) is 0 Å². The zero-order valence-electron chi connectivity index (χ0n) is 11.6. The minimum Gasteiger partial charge on any atom is -0.394 e. The van der Waals surface area contributed by atoms with Gasteiger partial charge in [0.1, 0.15) is 0 Å². The van der Waals surface area contributed by atoms with Crippen molar-refractivity contribution in [1.29, 1.82) is 0 Å². The molecule has 2 aromatic carbocycles. The monoisotopic (exact) mass is 257 g/mol. The quantitative estimate of drug-likeness (QED) is 0.918. The summed E-state index contributed by atoms with van der Waals surface area (Å²) in [5, 5.41) is 11.5. The molecule has 0 atom stereocenters. The number of benzene rings is 2. The van der Waals surface area contributed by atoms with Gasteiger partial charge in [0, 0.05) is 12.6 Å². The Morgan fingerprint density at radius 1 is 1.16 bits per heavy atom. The van der Waals surface area contributed by atoms with E-state index in [0.29, 0.717) is 5.56 Å². The van der Waals surface area contributed by atoms with E-state index >= 15 is 0 Å². The van der Waals surface area contributed by atoms with Crippen molar-refractivity contribution in [1.82, 2.24) is 4.90 Å². The third-order valence-electron chi connectivity index (χ3n) is 3.60. The molecule has 0 heterocycles. The van der Waals surface area contributed by atoms with E-state index in [2.05, 4.69) is 0 Å². The van der Waals surface area contributed by atoms with Gasteiger partial charge in [-0.1, -0.05) is 30.3 Å². The van der Waals surface area contributed by atoms with Crippen LogP contribution in [0.4, 0.5) is 0 Å². The van der Waals surface area contributed by atoms with Crippen LogP contribution < -0.4 is 0 Å². The molecule has 2 aromatic rings. The van der Waals surface area contributed by atoms with Crippen LogP contribution in [0.2, 0.25) is 0 Å². The van der Waals surface area contributed by atoms with E-state index in [0.717, 1.165) is 10.8 Å². The first kappa shape index (κ1) is 13.6. The summed E-state index contributed by atoms with van der Waals surface area (Å²) in [5.74, 6) is -0.0789. The summed E-state index contributed by atoms with van der Waals surface area (Å²) in [6.07, 6.45) is 0. The van der Waals surface area contributed by atoms with Gasteiger partial charge in [0.2, 0.25) is 0 Å². The van der Waals surface area contributed by atoms with Gasteiger partial charge in [0.15, 0.2) is 0 Å². The average Bonchev–Trinajstić information content (AvgIpc) is 2.45. The molecule has 100 valence electrons. The SMILES string of the molecule is CN(C(=O)c1ccc2ccccc2c1)C(C)(C)CO. The maximum atomic E-state index is 12.4. The predicted octanol–water partition coefficient (Wildman–Crippen LogP) is 2.68. The van der Waals surface area contributed by atoms with Crippen molar-refractivity contribution in [2.24, 2.45) is 0 Å².